The van der Waals surface area contributed by atoms with Crippen LogP contribution >= 0.6 is 11.3 Å². The third-order valence-corrected chi connectivity index (χ3v) is 6.29. The van der Waals surface area contributed by atoms with E-state index in [1.54, 1.807) is 18.2 Å². The largest absolute Gasteiger partial charge is 0.508 e. The number of hydrogen-bond acceptors (Lipinski definition) is 4. The van der Waals surface area contributed by atoms with E-state index in [9.17, 15) is 18.3 Å². The lowest BCUT2D eigenvalue weighted by molar-refractivity contribution is -0.137. The monoisotopic (exact) mass is 419 g/mol. The average Bonchev–Trinajstić information content (AvgIpc) is 3.21. The number of aromatic hydroxyl groups is 1. The molecule has 3 nitrogen and oxygen atoms in total. The van der Waals surface area contributed by atoms with Crippen molar-refractivity contribution in [3.05, 3.63) is 58.1 Å². The maximum atomic E-state index is 13.1. The van der Waals surface area contributed by atoms with Gasteiger partial charge in [-0.05, 0) is 60.4 Å². The molecule has 0 amide bonds. The van der Waals surface area contributed by atoms with Crippen LogP contribution in [0, 0.1) is 0 Å². The van der Waals surface area contributed by atoms with Crippen LogP contribution in [0.4, 0.5) is 13.2 Å². The number of phenolic OH excluding ortho intramolecular Hbond substituents is 1. The SMILES string of the molecule is CC(C)c1c(CCCc2noc3cc(O)ccc23)sc2cc(C(F)(F)F)ccc12. The van der Waals surface area contributed by atoms with Crippen LogP contribution in [0.15, 0.2) is 40.9 Å². The molecule has 0 aliphatic heterocycles. The third kappa shape index (κ3) is 3.83. The first-order valence-corrected chi connectivity index (χ1v) is 10.3. The second-order valence-corrected chi connectivity index (χ2v) is 8.60. The highest BCUT2D eigenvalue weighted by Gasteiger charge is 2.31. The molecule has 0 atom stereocenters. The van der Waals surface area contributed by atoms with E-state index in [2.05, 4.69) is 19.0 Å². The van der Waals surface area contributed by atoms with Crippen molar-refractivity contribution >= 4 is 32.4 Å². The van der Waals surface area contributed by atoms with Crippen LogP contribution in [0.3, 0.4) is 0 Å². The fraction of sp³-hybridized carbons (Fsp3) is 0.318. The zero-order valence-electron chi connectivity index (χ0n) is 16.0. The Balaban J connectivity index is 1.58. The molecule has 0 saturated heterocycles. The third-order valence-electron chi connectivity index (χ3n) is 5.06. The number of aromatic nitrogens is 1. The normalized spacial score (nSPS) is 12.5. The smallest absolute Gasteiger partial charge is 0.416 e. The summed E-state index contributed by atoms with van der Waals surface area (Å²) in [5.41, 5.74) is 1.90. The van der Waals surface area contributed by atoms with Crippen molar-refractivity contribution in [3.63, 3.8) is 0 Å². The van der Waals surface area contributed by atoms with Crippen molar-refractivity contribution in [1.82, 2.24) is 5.16 Å². The molecule has 2 aromatic heterocycles. The van der Waals surface area contributed by atoms with Gasteiger partial charge in [-0.25, -0.2) is 0 Å². The summed E-state index contributed by atoms with van der Waals surface area (Å²) in [4.78, 5) is 1.12. The molecule has 0 bridgehead atoms. The second-order valence-electron chi connectivity index (χ2n) is 7.47. The summed E-state index contributed by atoms with van der Waals surface area (Å²) >= 11 is 1.45. The molecule has 0 radical (unpaired) electrons. The molecule has 4 aromatic rings. The summed E-state index contributed by atoms with van der Waals surface area (Å²) < 4.78 is 45.2. The molecule has 2 aromatic carbocycles. The molecule has 0 aliphatic rings. The fourth-order valence-electron chi connectivity index (χ4n) is 3.74. The van der Waals surface area contributed by atoms with Crippen LogP contribution in [-0.4, -0.2) is 10.3 Å². The highest BCUT2D eigenvalue weighted by molar-refractivity contribution is 7.19. The molecule has 1 N–H and O–H groups in total. The van der Waals surface area contributed by atoms with Crippen molar-refractivity contribution in [2.24, 2.45) is 0 Å². The van der Waals surface area contributed by atoms with E-state index in [1.807, 2.05) is 0 Å². The van der Waals surface area contributed by atoms with Gasteiger partial charge in [0, 0.05) is 21.0 Å². The molecule has 29 heavy (non-hydrogen) atoms. The lowest BCUT2D eigenvalue weighted by Crippen LogP contribution is -2.03. The predicted octanol–water partition coefficient (Wildman–Crippen LogP) is 7.07. The van der Waals surface area contributed by atoms with Gasteiger partial charge in [0.2, 0.25) is 0 Å². The number of benzene rings is 2. The quantitative estimate of drug-likeness (QED) is 0.376. The Bertz CT molecular complexity index is 1170. The summed E-state index contributed by atoms with van der Waals surface area (Å²) in [6.45, 7) is 4.14. The molecule has 4 rings (SSSR count). The summed E-state index contributed by atoms with van der Waals surface area (Å²) in [6.07, 6.45) is -2.07. The van der Waals surface area contributed by atoms with E-state index in [1.165, 1.54) is 29.5 Å². The molecule has 0 saturated carbocycles. The zero-order chi connectivity index (χ0) is 20.8. The van der Waals surface area contributed by atoms with Crippen molar-refractivity contribution in [2.45, 2.75) is 45.2 Å². The fourth-order valence-corrected chi connectivity index (χ4v) is 5.18. The molecule has 0 spiro atoms. The maximum absolute atomic E-state index is 13.1. The van der Waals surface area contributed by atoms with Gasteiger partial charge in [0.05, 0.1) is 11.3 Å². The number of halogens is 3. The van der Waals surface area contributed by atoms with Gasteiger partial charge in [-0.3, -0.25) is 0 Å². The predicted molar refractivity (Wildman–Crippen MR) is 109 cm³/mol. The van der Waals surface area contributed by atoms with Crippen molar-refractivity contribution in [2.75, 3.05) is 0 Å². The van der Waals surface area contributed by atoms with Crippen LogP contribution in [-0.2, 0) is 19.0 Å². The minimum Gasteiger partial charge on any atom is -0.508 e. The maximum Gasteiger partial charge on any atom is 0.416 e. The van der Waals surface area contributed by atoms with Gasteiger partial charge in [-0.1, -0.05) is 25.1 Å². The molecule has 0 fully saturated rings. The standard InChI is InChI=1S/C22H20F3NO2S/c1-12(2)21-16-8-6-13(22(23,24)25)10-20(16)29-19(21)5-3-4-17-15-9-7-14(27)11-18(15)28-26-17/h6-12,27H,3-5H2,1-2H3. The Morgan fingerprint density at radius 3 is 2.55 bits per heavy atom. The number of hydrogen-bond donors (Lipinski definition) is 1. The number of rotatable bonds is 5. The number of fused-ring (bicyclic) bond motifs is 2. The number of aryl methyl sites for hydroxylation is 2. The van der Waals surface area contributed by atoms with E-state index in [0.29, 0.717) is 16.7 Å². The Kier molecular flexibility index (Phi) is 5.02. The van der Waals surface area contributed by atoms with E-state index >= 15 is 0 Å². The van der Waals surface area contributed by atoms with Crippen LogP contribution in [0.1, 0.15) is 47.9 Å². The number of thiophene rings is 1. The Morgan fingerprint density at radius 1 is 1.07 bits per heavy atom. The van der Waals surface area contributed by atoms with E-state index in [0.717, 1.165) is 39.7 Å². The molecule has 152 valence electrons. The minimum absolute atomic E-state index is 0.130. The summed E-state index contributed by atoms with van der Waals surface area (Å²) in [7, 11) is 0. The highest BCUT2D eigenvalue weighted by Crippen LogP contribution is 2.40. The summed E-state index contributed by atoms with van der Waals surface area (Å²) in [6, 6.07) is 8.95. The van der Waals surface area contributed by atoms with Gasteiger partial charge in [-0.2, -0.15) is 13.2 Å². The van der Waals surface area contributed by atoms with Crippen LogP contribution < -0.4 is 0 Å². The van der Waals surface area contributed by atoms with Gasteiger partial charge in [0.25, 0.3) is 0 Å². The Labute approximate surface area is 169 Å². The zero-order valence-corrected chi connectivity index (χ0v) is 16.8. The van der Waals surface area contributed by atoms with Crippen molar-refractivity contribution < 1.29 is 22.8 Å². The number of phenols is 1. The Hall–Kier alpha value is -2.54. The van der Waals surface area contributed by atoms with Crippen molar-refractivity contribution in [1.29, 1.82) is 0 Å². The summed E-state index contributed by atoms with van der Waals surface area (Å²) in [5.74, 6) is 0.358. The van der Waals surface area contributed by atoms with E-state index < -0.39 is 11.7 Å². The van der Waals surface area contributed by atoms with Gasteiger partial charge in [0.15, 0.2) is 5.58 Å². The molecule has 2 heterocycles. The number of alkyl halides is 3. The van der Waals surface area contributed by atoms with Crippen molar-refractivity contribution in [3.8, 4) is 5.75 Å². The first-order valence-electron chi connectivity index (χ1n) is 9.44. The van der Waals surface area contributed by atoms with Crippen LogP contribution in [0.25, 0.3) is 21.1 Å². The molecular weight excluding hydrogens is 399 g/mol. The van der Waals surface area contributed by atoms with Crippen LogP contribution in [0.2, 0.25) is 0 Å². The average molecular weight is 419 g/mol. The van der Waals surface area contributed by atoms with E-state index in [4.69, 9.17) is 4.52 Å². The highest BCUT2D eigenvalue weighted by atomic mass is 32.1. The Morgan fingerprint density at radius 2 is 1.83 bits per heavy atom. The lowest BCUT2D eigenvalue weighted by Gasteiger charge is -2.09. The number of nitrogens with zero attached hydrogens (tertiary/aromatic N) is 1. The molecule has 0 unspecified atom stereocenters. The van der Waals surface area contributed by atoms with Gasteiger partial charge >= 0.3 is 6.18 Å². The van der Waals surface area contributed by atoms with Gasteiger partial charge in [0.1, 0.15) is 5.75 Å². The first kappa shape index (κ1) is 19.8. The topological polar surface area (TPSA) is 46.3 Å². The lowest BCUT2D eigenvalue weighted by atomic mass is 9.96. The minimum atomic E-state index is -4.33. The summed E-state index contributed by atoms with van der Waals surface area (Å²) in [5, 5.41) is 15.4. The van der Waals surface area contributed by atoms with Gasteiger partial charge in [-0.15, -0.1) is 11.3 Å². The molecular formula is C22H20F3NO2S. The molecule has 0 aliphatic carbocycles. The van der Waals surface area contributed by atoms with Gasteiger partial charge < -0.3 is 9.63 Å². The molecule has 7 heteroatoms. The van der Waals surface area contributed by atoms with E-state index in [-0.39, 0.29) is 11.7 Å². The first-order chi connectivity index (χ1) is 13.7. The second kappa shape index (κ2) is 7.37. The van der Waals surface area contributed by atoms with Crippen LogP contribution in [0.5, 0.6) is 5.75 Å².